The summed E-state index contributed by atoms with van der Waals surface area (Å²) in [4.78, 5) is 17.0. The van der Waals surface area contributed by atoms with E-state index in [4.69, 9.17) is 4.74 Å². The lowest BCUT2D eigenvalue weighted by Gasteiger charge is -2.37. The molecule has 9 heteroatoms. The zero-order chi connectivity index (χ0) is 21.8. The van der Waals surface area contributed by atoms with E-state index in [9.17, 15) is 9.90 Å². The van der Waals surface area contributed by atoms with E-state index in [1.54, 1.807) is 7.11 Å². The predicted octanol–water partition coefficient (Wildman–Crippen LogP) is 2.25. The zero-order valence-electron chi connectivity index (χ0n) is 17.3. The first kappa shape index (κ1) is 21.6. The van der Waals surface area contributed by atoms with E-state index < -0.39 is 6.10 Å². The number of aliphatic hydroxyl groups excluding tert-OH is 1. The number of ether oxygens (including phenoxy) is 1. The van der Waals surface area contributed by atoms with Gasteiger partial charge in [0.05, 0.1) is 24.4 Å². The van der Waals surface area contributed by atoms with Gasteiger partial charge in [0, 0.05) is 49.1 Å². The minimum absolute atomic E-state index is 0.175. The molecule has 0 radical (unpaired) electrons. The molecule has 1 saturated heterocycles. The first-order valence-corrected chi connectivity index (χ1v) is 11.0. The molecule has 3 aromatic rings. The number of anilines is 1. The van der Waals surface area contributed by atoms with Crippen LogP contribution in [0.4, 0.5) is 5.69 Å². The highest BCUT2D eigenvalue weighted by atomic mass is 79.9. The van der Waals surface area contributed by atoms with Gasteiger partial charge in [-0.2, -0.15) is 5.10 Å². The van der Waals surface area contributed by atoms with Crippen LogP contribution in [0.15, 0.2) is 46.9 Å². The van der Waals surface area contributed by atoms with Gasteiger partial charge in [-0.15, -0.1) is 0 Å². The van der Waals surface area contributed by atoms with Gasteiger partial charge in [0.25, 0.3) is 5.91 Å². The van der Waals surface area contributed by atoms with Gasteiger partial charge in [-0.25, -0.2) is 0 Å². The standard InChI is InChI=1S/C22H26BrN5O3/c1-31-20-5-3-2-4-19(20)28-10-8-27(9-11-28)14-16(29)13-24-22(30)21-17-12-15(23)6-7-18(17)25-26-21/h2-7,12,16,29H,8-11,13-14H2,1H3,(H,24,30)(H,25,26). The number of carbonyl (C=O) groups is 1. The third-order valence-corrected chi connectivity index (χ3v) is 6.00. The fraction of sp³-hybridized carbons (Fsp3) is 0.364. The molecule has 1 unspecified atom stereocenters. The summed E-state index contributed by atoms with van der Waals surface area (Å²) in [6.45, 7) is 4.06. The smallest absolute Gasteiger partial charge is 0.272 e. The third-order valence-electron chi connectivity index (χ3n) is 5.51. The molecule has 0 spiro atoms. The predicted molar refractivity (Wildman–Crippen MR) is 124 cm³/mol. The molecule has 164 valence electrons. The molecule has 1 aliphatic heterocycles. The number of benzene rings is 2. The number of aromatic amines is 1. The van der Waals surface area contributed by atoms with Gasteiger partial charge >= 0.3 is 0 Å². The van der Waals surface area contributed by atoms with Crippen LogP contribution < -0.4 is 15.0 Å². The second kappa shape index (κ2) is 9.67. The van der Waals surface area contributed by atoms with Gasteiger partial charge in [0.15, 0.2) is 5.69 Å². The van der Waals surface area contributed by atoms with Crippen LogP contribution >= 0.6 is 15.9 Å². The molecular weight excluding hydrogens is 462 g/mol. The molecule has 1 atom stereocenters. The topological polar surface area (TPSA) is 93.7 Å². The maximum atomic E-state index is 12.5. The number of rotatable bonds is 7. The maximum Gasteiger partial charge on any atom is 0.272 e. The summed E-state index contributed by atoms with van der Waals surface area (Å²) in [6, 6.07) is 13.6. The monoisotopic (exact) mass is 487 g/mol. The number of methoxy groups -OCH3 is 1. The molecule has 1 amide bonds. The number of nitrogens with one attached hydrogen (secondary N) is 2. The quantitative estimate of drug-likeness (QED) is 0.473. The third kappa shape index (κ3) is 5.00. The molecule has 0 saturated carbocycles. The van der Waals surface area contributed by atoms with Crippen molar-refractivity contribution in [2.24, 2.45) is 0 Å². The zero-order valence-corrected chi connectivity index (χ0v) is 18.9. The van der Waals surface area contributed by atoms with Gasteiger partial charge in [0.2, 0.25) is 0 Å². The van der Waals surface area contributed by atoms with Gasteiger partial charge in [-0.3, -0.25) is 14.8 Å². The Balaban J connectivity index is 1.26. The number of hydrogen-bond donors (Lipinski definition) is 3. The number of H-pyrrole nitrogens is 1. The van der Waals surface area contributed by atoms with Crippen LogP contribution in [0.25, 0.3) is 10.9 Å². The lowest BCUT2D eigenvalue weighted by molar-refractivity contribution is 0.0849. The SMILES string of the molecule is COc1ccccc1N1CCN(CC(O)CNC(=O)c2n[nH]c3ccc(Br)cc23)CC1. The number of hydrogen-bond acceptors (Lipinski definition) is 6. The molecular formula is C22H26BrN5O3. The summed E-state index contributed by atoms with van der Waals surface area (Å²) in [7, 11) is 1.68. The lowest BCUT2D eigenvalue weighted by atomic mass is 10.2. The molecule has 2 heterocycles. The Kier molecular flexibility index (Phi) is 6.74. The molecule has 1 fully saturated rings. The van der Waals surface area contributed by atoms with Crippen LogP contribution in [-0.2, 0) is 0 Å². The Bertz CT molecular complexity index is 1050. The fourth-order valence-electron chi connectivity index (χ4n) is 3.88. The Morgan fingerprint density at radius 3 is 2.81 bits per heavy atom. The number of amides is 1. The minimum atomic E-state index is -0.654. The molecule has 8 nitrogen and oxygen atoms in total. The number of piperazine rings is 1. The summed E-state index contributed by atoms with van der Waals surface area (Å²) >= 11 is 3.42. The van der Waals surface area contributed by atoms with Gasteiger partial charge < -0.3 is 20.1 Å². The molecule has 1 aromatic heterocycles. The van der Waals surface area contributed by atoms with E-state index in [1.807, 2.05) is 36.4 Å². The van der Waals surface area contributed by atoms with E-state index in [-0.39, 0.29) is 12.5 Å². The van der Waals surface area contributed by atoms with Crippen LogP contribution in [0.1, 0.15) is 10.5 Å². The normalized spacial score (nSPS) is 15.8. The summed E-state index contributed by atoms with van der Waals surface area (Å²) in [5, 5.41) is 21.0. The van der Waals surface area contributed by atoms with Crippen LogP contribution in [-0.4, -0.2) is 78.6 Å². The van der Waals surface area contributed by atoms with Crippen molar-refractivity contribution in [3.05, 3.63) is 52.6 Å². The number of halogens is 1. The van der Waals surface area contributed by atoms with Crippen molar-refractivity contribution < 1.29 is 14.6 Å². The number of carbonyl (C=O) groups excluding carboxylic acids is 1. The van der Waals surface area contributed by atoms with E-state index in [1.165, 1.54) is 0 Å². The van der Waals surface area contributed by atoms with E-state index in [2.05, 4.69) is 47.3 Å². The molecule has 31 heavy (non-hydrogen) atoms. The largest absolute Gasteiger partial charge is 0.495 e. The second-order valence-corrected chi connectivity index (χ2v) is 8.50. The summed E-state index contributed by atoms with van der Waals surface area (Å²) in [6.07, 6.45) is -0.654. The second-order valence-electron chi connectivity index (χ2n) is 7.59. The molecule has 2 aromatic carbocycles. The van der Waals surface area contributed by atoms with E-state index in [0.29, 0.717) is 12.2 Å². The Labute approximate surface area is 189 Å². The highest BCUT2D eigenvalue weighted by molar-refractivity contribution is 9.10. The Morgan fingerprint density at radius 1 is 1.26 bits per heavy atom. The lowest BCUT2D eigenvalue weighted by Crippen LogP contribution is -2.50. The first-order chi connectivity index (χ1) is 15.0. The molecule has 1 aliphatic rings. The fourth-order valence-corrected chi connectivity index (χ4v) is 4.24. The van der Waals surface area contributed by atoms with Crippen molar-refractivity contribution in [1.82, 2.24) is 20.4 Å². The van der Waals surface area contributed by atoms with Crippen LogP contribution in [0.2, 0.25) is 0 Å². The summed E-state index contributed by atoms with van der Waals surface area (Å²) < 4.78 is 6.34. The van der Waals surface area contributed by atoms with Crippen molar-refractivity contribution in [2.75, 3.05) is 51.3 Å². The molecule has 4 rings (SSSR count). The average molecular weight is 488 g/mol. The number of β-amino-alcohol motifs (C(OH)–C–C–N with tert-alkyl or cyclic N) is 1. The minimum Gasteiger partial charge on any atom is -0.495 e. The number of aromatic nitrogens is 2. The maximum absolute atomic E-state index is 12.5. The number of nitrogens with zero attached hydrogens (tertiary/aromatic N) is 3. The van der Waals surface area contributed by atoms with Crippen LogP contribution in [0, 0.1) is 0 Å². The van der Waals surface area contributed by atoms with Gasteiger partial charge in [0.1, 0.15) is 5.75 Å². The van der Waals surface area contributed by atoms with Crippen molar-refractivity contribution in [2.45, 2.75) is 6.10 Å². The number of para-hydroxylation sites is 2. The first-order valence-electron chi connectivity index (χ1n) is 10.3. The molecule has 0 bridgehead atoms. The average Bonchev–Trinajstić information content (AvgIpc) is 3.21. The van der Waals surface area contributed by atoms with E-state index in [0.717, 1.165) is 53.0 Å². The highest BCUT2D eigenvalue weighted by Crippen LogP contribution is 2.28. The molecule has 0 aliphatic carbocycles. The van der Waals surface area contributed by atoms with Crippen molar-refractivity contribution in [3.8, 4) is 5.75 Å². The van der Waals surface area contributed by atoms with Crippen molar-refractivity contribution >= 4 is 38.4 Å². The van der Waals surface area contributed by atoms with Crippen molar-refractivity contribution in [3.63, 3.8) is 0 Å². The number of aliphatic hydroxyl groups is 1. The number of fused-ring (bicyclic) bond motifs is 1. The van der Waals surface area contributed by atoms with Crippen molar-refractivity contribution in [1.29, 1.82) is 0 Å². The van der Waals surface area contributed by atoms with Crippen LogP contribution in [0.3, 0.4) is 0 Å². The van der Waals surface area contributed by atoms with Crippen LogP contribution in [0.5, 0.6) is 5.75 Å². The summed E-state index contributed by atoms with van der Waals surface area (Å²) in [5.41, 5.74) is 2.21. The highest BCUT2D eigenvalue weighted by Gasteiger charge is 2.22. The molecule has 3 N–H and O–H groups in total. The Morgan fingerprint density at radius 2 is 2.03 bits per heavy atom. The van der Waals surface area contributed by atoms with Gasteiger partial charge in [-0.05, 0) is 30.3 Å². The van der Waals surface area contributed by atoms with Gasteiger partial charge in [-0.1, -0.05) is 28.1 Å². The Hall–Kier alpha value is -2.62. The van der Waals surface area contributed by atoms with E-state index >= 15 is 0 Å². The summed E-state index contributed by atoms with van der Waals surface area (Å²) in [5.74, 6) is 0.570.